The van der Waals surface area contributed by atoms with E-state index in [1.54, 1.807) is 17.0 Å². The predicted molar refractivity (Wildman–Crippen MR) is 85.8 cm³/mol. The number of halogens is 1. The highest BCUT2D eigenvalue weighted by Gasteiger charge is 2.40. The van der Waals surface area contributed by atoms with Crippen molar-refractivity contribution < 1.29 is 14.0 Å². The number of unbranched alkanes of at least 4 members (excludes halogenated alkanes) is 1. The predicted octanol–water partition coefficient (Wildman–Crippen LogP) is 2.70. The molecule has 120 valence electrons. The van der Waals surface area contributed by atoms with Gasteiger partial charge in [-0.25, -0.2) is 4.39 Å². The van der Waals surface area contributed by atoms with Gasteiger partial charge in [0.15, 0.2) is 0 Å². The van der Waals surface area contributed by atoms with E-state index in [9.17, 15) is 14.0 Å². The van der Waals surface area contributed by atoms with Gasteiger partial charge in [-0.05, 0) is 24.1 Å². The third-order valence-electron chi connectivity index (χ3n) is 3.63. The molecule has 1 N–H and O–H groups in total. The van der Waals surface area contributed by atoms with Gasteiger partial charge in [-0.15, -0.1) is 11.8 Å². The van der Waals surface area contributed by atoms with Crippen LogP contribution in [0.5, 0.6) is 0 Å². The largest absolute Gasteiger partial charge is 0.354 e. The standard InChI is InChI=1S/C16H21FN2O2S/c1-3-4-8-18-15(21)14-10-22-16(19(14)11(2)20)12-6-5-7-13(17)9-12/h5-7,9,14,16H,3-4,8,10H2,1-2H3,(H,18,21). The molecule has 1 aliphatic rings. The molecule has 1 saturated heterocycles. The number of thioether (sulfide) groups is 1. The van der Waals surface area contributed by atoms with Crippen molar-refractivity contribution in [1.29, 1.82) is 0 Å². The van der Waals surface area contributed by atoms with Crippen molar-refractivity contribution in [2.24, 2.45) is 0 Å². The Morgan fingerprint density at radius 1 is 1.45 bits per heavy atom. The molecule has 1 fully saturated rings. The molecule has 22 heavy (non-hydrogen) atoms. The number of carbonyl (C=O) groups excluding carboxylic acids is 2. The molecule has 4 nitrogen and oxygen atoms in total. The maximum absolute atomic E-state index is 13.4. The first-order chi connectivity index (χ1) is 10.5. The molecule has 0 saturated carbocycles. The van der Waals surface area contributed by atoms with E-state index in [0.29, 0.717) is 17.9 Å². The molecule has 0 bridgehead atoms. The summed E-state index contributed by atoms with van der Waals surface area (Å²) in [5.74, 6) is -0.110. The third kappa shape index (κ3) is 3.80. The van der Waals surface area contributed by atoms with Gasteiger partial charge in [0.2, 0.25) is 11.8 Å². The van der Waals surface area contributed by atoms with Gasteiger partial charge in [-0.1, -0.05) is 25.5 Å². The Morgan fingerprint density at radius 2 is 2.23 bits per heavy atom. The first-order valence-electron chi connectivity index (χ1n) is 7.48. The molecule has 2 rings (SSSR count). The average Bonchev–Trinajstić information content (AvgIpc) is 2.92. The number of hydrogen-bond acceptors (Lipinski definition) is 3. The summed E-state index contributed by atoms with van der Waals surface area (Å²) in [5.41, 5.74) is 0.712. The maximum Gasteiger partial charge on any atom is 0.243 e. The highest BCUT2D eigenvalue weighted by atomic mass is 32.2. The van der Waals surface area contributed by atoms with Crippen LogP contribution in [0.15, 0.2) is 24.3 Å². The SMILES string of the molecule is CCCCNC(=O)C1CSC(c2cccc(F)c2)N1C(C)=O. The molecule has 0 aromatic heterocycles. The summed E-state index contributed by atoms with van der Waals surface area (Å²) < 4.78 is 13.4. The lowest BCUT2D eigenvalue weighted by atomic mass is 10.1. The van der Waals surface area contributed by atoms with Crippen molar-refractivity contribution in [2.45, 2.75) is 38.1 Å². The fourth-order valence-electron chi connectivity index (χ4n) is 2.52. The quantitative estimate of drug-likeness (QED) is 0.847. The van der Waals surface area contributed by atoms with E-state index in [0.717, 1.165) is 12.8 Å². The van der Waals surface area contributed by atoms with Crippen LogP contribution in [0, 0.1) is 5.82 Å². The van der Waals surface area contributed by atoms with Gasteiger partial charge in [-0.2, -0.15) is 0 Å². The summed E-state index contributed by atoms with van der Waals surface area (Å²) in [6.07, 6.45) is 1.92. The fraction of sp³-hybridized carbons (Fsp3) is 0.500. The van der Waals surface area contributed by atoms with Gasteiger partial charge in [0.1, 0.15) is 17.2 Å². The summed E-state index contributed by atoms with van der Waals surface area (Å²) in [7, 11) is 0. The van der Waals surface area contributed by atoms with Crippen LogP contribution in [0.2, 0.25) is 0 Å². The van der Waals surface area contributed by atoms with Gasteiger partial charge in [0.05, 0.1) is 0 Å². The molecule has 6 heteroatoms. The Kier molecular flexibility index (Phi) is 5.83. The second kappa shape index (κ2) is 7.63. The lowest BCUT2D eigenvalue weighted by Gasteiger charge is -2.27. The minimum atomic E-state index is -0.493. The molecule has 1 aliphatic heterocycles. The molecular formula is C16H21FN2O2S. The lowest BCUT2D eigenvalue weighted by Crippen LogP contribution is -2.47. The molecule has 1 heterocycles. The molecule has 1 aromatic carbocycles. The van der Waals surface area contributed by atoms with Crippen LogP contribution in [0.1, 0.15) is 37.6 Å². The van der Waals surface area contributed by atoms with Gasteiger partial charge in [0.25, 0.3) is 0 Å². The van der Waals surface area contributed by atoms with Crippen LogP contribution >= 0.6 is 11.8 Å². The Hall–Kier alpha value is -1.56. The zero-order valence-corrected chi connectivity index (χ0v) is 13.7. The Morgan fingerprint density at radius 3 is 2.86 bits per heavy atom. The Labute approximate surface area is 134 Å². The monoisotopic (exact) mass is 324 g/mol. The van der Waals surface area contributed by atoms with E-state index in [2.05, 4.69) is 12.2 Å². The van der Waals surface area contributed by atoms with Crippen molar-refractivity contribution in [3.8, 4) is 0 Å². The number of rotatable bonds is 5. The van der Waals surface area contributed by atoms with E-state index >= 15 is 0 Å². The van der Waals surface area contributed by atoms with Crippen molar-refractivity contribution >= 4 is 23.6 Å². The van der Waals surface area contributed by atoms with Crippen LogP contribution in [0.3, 0.4) is 0 Å². The zero-order valence-electron chi connectivity index (χ0n) is 12.8. The van der Waals surface area contributed by atoms with Crippen LogP contribution < -0.4 is 5.32 Å². The topological polar surface area (TPSA) is 49.4 Å². The van der Waals surface area contributed by atoms with E-state index in [-0.39, 0.29) is 23.0 Å². The van der Waals surface area contributed by atoms with E-state index in [4.69, 9.17) is 0 Å². The van der Waals surface area contributed by atoms with Gasteiger partial charge < -0.3 is 10.2 Å². The summed E-state index contributed by atoms with van der Waals surface area (Å²) in [6.45, 7) is 4.12. The second-order valence-electron chi connectivity index (χ2n) is 5.33. The average molecular weight is 324 g/mol. The first kappa shape index (κ1) is 16.8. The molecule has 1 aromatic rings. The van der Waals surface area contributed by atoms with E-state index < -0.39 is 6.04 Å². The number of hydrogen-bond donors (Lipinski definition) is 1. The zero-order chi connectivity index (χ0) is 16.1. The van der Waals surface area contributed by atoms with Crippen molar-refractivity contribution in [1.82, 2.24) is 10.2 Å². The molecular weight excluding hydrogens is 303 g/mol. The van der Waals surface area contributed by atoms with Crippen molar-refractivity contribution in [2.75, 3.05) is 12.3 Å². The molecule has 2 unspecified atom stereocenters. The number of amides is 2. The Balaban J connectivity index is 2.14. The summed E-state index contributed by atoms with van der Waals surface area (Å²) >= 11 is 1.49. The fourth-order valence-corrected chi connectivity index (χ4v) is 3.99. The first-order valence-corrected chi connectivity index (χ1v) is 8.53. The van der Waals surface area contributed by atoms with Gasteiger partial charge >= 0.3 is 0 Å². The minimum Gasteiger partial charge on any atom is -0.354 e. The molecule has 0 radical (unpaired) electrons. The lowest BCUT2D eigenvalue weighted by molar-refractivity contribution is -0.138. The summed E-state index contributed by atoms with van der Waals surface area (Å²) in [5, 5.41) is 2.56. The number of nitrogens with zero attached hydrogens (tertiary/aromatic N) is 1. The van der Waals surface area contributed by atoms with E-state index in [1.165, 1.54) is 30.8 Å². The summed E-state index contributed by atoms with van der Waals surface area (Å²) in [4.78, 5) is 25.8. The third-order valence-corrected chi connectivity index (χ3v) is 4.95. The Bertz CT molecular complexity index is 553. The molecule has 2 atom stereocenters. The van der Waals surface area contributed by atoms with Crippen LogP contribution in [0.4, 0.5) is 4.39 Å². The minimum absolute atomic E-state index is 0.130. The maximum atomic E-state index is 13.4. The summed E-state index contributed by atoms with van der Waals surface area (Å²) in [6, 6.07) is 5.71. The molecule has 0 aliphatic carbocycles. The van der Waals surface area contributed by atoms with E-state index in [1.807, 2.05) is 0 Å². The van der Waals surface area contributed by atoms with Crippen molar-refractivity contribution in [3.05, 3.63) is 35.6 Å². The number of carbonyl (C=O) groups is 2. The number of benzene rings is 1. The second-order valence-corrected chi connectivity index (χ2v) is 6.44. The highest BCUT2D eigenvalue weighted by molar-refractivity contribution is 7.99. The highest BCUT2D eigenvalue weighted by Crippen LogP contribution is 2.41. The van der Waals surface area contributed by atoms with Crippen molar-refractivity contribution in [3.63, 3.8) is 0 Å². The van der Waals surface area contributed by atoms with Gasteiger partial charge in [0, 0.05) is 19.2 Å². The normalized spacial score (nSPS) is 21.0. The number of nitrogens with one attached hydrogen (secondary N) is 1. The van der Waals surface area contributed by atoms with Crippen LogP contribution in [-0.4, -0.2) is 35.1 Å². The van der Waals surface area contributed by atoms with Crippen LogP contribution in [-0.2, 0) is 9.59 Å². The smallest absolute Gasteiger partial charge is 0.243 e. The van der Waals surface area contributed by atoms with Crippen LogP contribution in [0.25, 0.3) is 0 Å². The molecule has 0 spiro atoms. The molecule has 2 amide bonds. The van der Waals surface area contributed by atoms with Gasteiger partial charge in [-0.3, -0.25) is 9.59 Å².